The molecule has 0 unspecified atom stereocenters. The average molecular weight is 399 g/mol. The van der Waals surface area contributed by atoms with Crippen LogP contribution in [0.25, 0.3) is 0 Å². The van der Waals surface area contributed by atoms with E-state index in [4.69, 9.17) is 11.6 Å². The van der Waals surface area contributed by atoms with Crippen LogP contribution in [0.3, 0.4) is 0 Å². The van der Waals surface area contributed by atoms with Crippen LogP contribution in [0.4, 0.5) is 4.39 Å². The summed E-state index contributed by atoms with van der Waals surface area (Å²) in [7, 11) is -3.49. The highest BCUT2D eigenvalue weighted by atomic mass is 35.5. The number of hydrogen-bond donors (Lipinski definition) is 1. The fourth-order valence-electron chi connectivity index (χ4n) is 2.30. The van der Waals surface area contributed by atoms with Crippen LogP contribution < -0.4 is 5.32 Å². The van der Waals surface area contributed by atoms with Crippen LogP contribution in [0.2, 0.25) is 5.02 Å². The van der Waals surface area contributed by atoms with Gasteiger partial charge < -0.3 is 5.32 Å². The lowest BCUT2D eigenvalue weighted by Crippen LogP contribution is -2.34. The Kier molecular flexibility index (Phi) is 7.14. The number of carbonyl (C=O) groups excluding carboxylic acids is 1. The molecule has 0 saturated heterocycles. The van der Waals surface area contributed by atoms with Crippen molar-refractivity contribution in [2.24, 2.45) is 0 Å². The summed E-state index contributed by atoms with van der Waals surface area (Å²) < 4.78 is 38.0. The second-order valence-electron chi connectivity index (χ2n) is 5.84. The first-order chi connectivity index (χ1) is 12.3. The Labute approximate surface area is 157 Å². The third-order valence-corrected chi connectivity index (χ3v) is 5.38. The predicted octanol–water partition coefficient (Wildman–Crippen LogP) is 2.95. The molecule has 8 heteroatoms. The molecule has 0 bridgehead atoms. The van der Waals surface area contributed by atoms with Crippen LogP contribution in [0.1, 0.15) is 17.5 Å². The standard InChI is InChI=1S/C18H20ClFN2O3S/c1-26(24,25)22(13-15-4-2-3-5-17(15)19)11-10-18(23)21-12-14-6-8-16(20)9-7-14/h2-9H,10-13H2,1H3,(H,21,23). The van der Waals surface area contributed by atoms with Gasteiger partial charge in [-0.1, -0.05) is 41.9 Å². The van der Waals surface area contributed by atoms with Gasteiger partial charge in [0.05, 0.1) is 6.26 Å². The Bertz CT molecular complexity index is 857. The van der Waals surface area contributed by atoms with Crippen LogP contribution in [-0.2, 0) is 27.9 Å². The summed E-state index contributed by atoms with van der Waals surface area (Å²) in [4.78, 5) is 12.0. The summed E-state index contributed by atoms with van der Waals surface area (Å²) in [5, 5.41) is 3.17. The number of carbonyl (C=O) groups is 1. The number of hydrogen-bond acceptors (Lipinski definition) is 3. The number of nitrogens with one attached hydrogen (secondary N) is 1. The molecule has 0 radical (unpaired) electrons. The van der Waals surface area contributed by atoms with Gasteiger partial charge in [-0.05, 0) is 29.3 Å². The minimum atomic E-state index is -3.49. The first-order valence-electron chi connectivity index (χ1n) is 7.95. The minimum absolute atomic E-state index is 0.0126. The van der Waals surface area contributed by atoms with E-state index in [0.29, 0.717) is 10.6 Å². The molecule has 5 nitrogen and oxygen atoms in total. The van der Waals surface area contributed by atoms with Gasteiger partial charge in [0.1, 0.15) is 5.82 Å². The maximum atomic E-state index is 12.9. The molecular weight excluding hydrogens is 379 g/mol. The van der Waals surface area contributed by atoms with Crippen molar-refractivity contribution in [3.63, 3.8) is 0 Å². The fraction of sp³-hybridized carbons (Fsp3) is 0.278. The molecule has 140 valence electrons. The van der Waals surface area contributed by atoms with Gasteiger partial charge in [-0.3, -0.25) is 4.79 Å². The third kappa shape index (κ3) is 6.40. The first kappa shape index (κ1) is 20.4. The number of sulfonamides is 1. The molecule has 2 aromatic carbocycles. The Morgan fingerprint density at radius 2 is 1.81 bits per heavy atom. The zero-order valence-corrected chi connectivity index (χ0v) is 15.9. The largest absolute Gasteiger partial charge is 0.352 e. The molecule has 0 aliphatic heterocycles. The van der Waals surface area contributed by atoms with Crippen molar-refractivity contribution in [1.29, 1.82) is 0 Å². The van der Waals surface area contributed by atoms with Crippen LogP contribution in [-0.4, -0.2) is 31.4 Å². The third-order valence-electron chi connectivity index (χ3n) is 3.76. The van der Waals surface area contributed by atoms with E-state index in [0.717, 1.165) is 11.8 Å². The molecule has 0 aromatic heterocycles. The molecule has 0 heterocycles. The molecule has 0 atom stereocenters. The van der Waals surface area contributed by atoms with E-state index in [1.807, 2.05) is 0 Å². The Morgan fingerprint density at radius 1 is 1.15 bits per heavy atom. The van der Waals surface area contributed by atoms with Crippen molar-refractivity contribution >= 4 is 27.5 Å². The summed E-state index contributed by atoms with van der Waals surface area (Å²) in [6.07, 6.45) is 1.11. The van der Waals surface area contributed by atoms with Crippen molar-refractivity contribution in [2.45, 2.75) is 19.5 Å². The number of amides is 1. The molecule has 1 amide bonds. The van der Waals surface area contributed by atoms with Crippen LogP contribution in [0, 0.1) is 5.82 Å². The van der Waals surface area contributed by atoms with E-state index in [2.05, 4.69) is 5.32 Å². The molecular formula is C18H20ClFN2O3S. The van der Waals surface area contributed by atoms with Crippen molar-refractivity contribution in [3.05, 3.63) is 70.5 Å². The minimum Gasteiger partial charge on any atom is -0.352 e. The molecule has 1 N–H and O–H groups in total. The quantitative estimate of drug-likeness (QED) is 0.743. The molecule has 2 aromatic rings. The maximum Gasteiger partial charge on any atom is 0.221 e. The lowest BCUT2D eigenvalue weighted by atomic mass is 10.2. The van der Waals surface area contributed by atoms with Crippen LogP contribution in [0.15, 0.2) is 48.5 Å². The summed E-state index contributed by atoms with van der Waals surface area (Å²) in [5.41, 5.74) is 1.43. The van der Waals surface area contributed by atoms with E-state index < -0.39 is 10.0 Å². The Balaban J connectivity index is 1.91. The van der Waals surface area contributed by atoms with Gasteiger partial charge in [-0.25, -0.2) is 12.8 Å². The molecule has 0 fully saturated rings. The number of nitrogens with zero attached hydrogens (tertiary/aromatic N) is 1. The highest BCUT2D eigenvalue weighted by Gasteiger charge is 2.19. The van der Waals surface area contributed by atoms with Gasteiger partial charge in [0.2, 0.25) is 15.9 Å². The van der Waals surface area contributed by atoms with Crippen molar-refractivity contribution < 1.29 is 17.6 Å². The monoisotopic (exact) mass is 398 g/mol. The highest BCUT2D eigenvalue weighted by molar-refractivity contribution is 7.88. The SMILES string of the molecule is CS(=O)(=O)N(CCC(=O)NCc1ccc(F)cc1)Cc1ccccc1Cl. The summed E-state index contributed by atoms with van der Waals surface area (Å²) in [6, 6.07) is 12.8. The van der Waals surface area contributed by atoms with Crippen LogP contribution >= 0.6 is 11.6 Å². The predicted molar refractivity (Wildman–Crippen MR) is 99.6 cm³/mol. The van der Waals surface area contributed by atoms with E-state index >= 15 is 0 Å². The molecule has 2 rings (SSSR count). The highest BCUT2D eigenvalue weighted by Crippen LogP contribution is 2.18. The van der Waals surface area contributed by atoms with Gasteiger partial charge >= 0.3 is 0 Å². The topological polar surface area (TPSA) is 66.5 Å². The molecule has 0 aliphatic rings. The fourth-order valence-corrected chi connectivity index (χ4v) is 3.29. The van der Waals surface area contributed by atoms with E-state index in [1.165, 1.54) is 16.4 Å². The Morgan fingerprint density at radius 3 is 2.42 bits per heavy atom. The zero-order chi connectivity index (χ0) is 19.2. The normalized spacial score (nSPS) is 11.5. The number of halogens is 2. The number of benzene rings is 2. The van der Waals surface area contributed by atoms with Crippen LogP contribution in [0.5, 0.6) is 0 Å². The summed E-state index contributed by atoms with van der Waals surface area (Å²) in [5.74, 6) is -0.634. The molecule has 0 saturated carbocycles. The molecule has 26 heavy (non-hydrogen) atoms. The molecule has 0 spiro atoms. The van der Waals surface area contributed by atoms with Gasteiger partial charge in [0.15, 0.2) is 0 Å². The Hall–Kier alpha value is -1.96. The smallest absolute Gasteiger partial charge is 0.221 e. The van der Waals surface area contributed by atoms with E-state index in [1.54, 1.807) is 36.4 Å². The van der Waals surface area contributed by atoms with Crippen molar-refractivity contribution in [2.75, 3.05) is 12.8 Å². The zero-order valence-electron chi connectivity index (χ0n) is 14.3. The van der Waals surface area contributed by atoms with Crippen molar-refractivity contribution in [3.8, 4) is 0 Å². The lowest BCUT2D eigenvalue weighted by molar-refractivity contribution is -0.121. The number of rotatable bonds is 8. The molecule has 0 aliphatic carbocycles. The average Bonchev–Trinajstić information content (AvgIpc) is 2.58. The van der Waals surface area contributed by atoms with Gasteiger partial charge in [0.25, 0.3) is 0 Å². The van der Waals surface area contributed by atoms with Gasteiger partial charge in [-0.2, -0.15) is 4.31 Å². The van der Waals surface area contributed by atoms with Crippen molar-refractivity contribution in [1.82, 2.24) is 9.62 Å². The van der Waals surface area contributed by atoms with Gasteiger partial charge in [-0.15, -0.1) is 0 Å². The summed E-state index contributed by atoms with van der Waals surface area (Å²) >= 11 is 6.08. The lowest BCUT2D eigenvalue weighted by Gasteiger charge is -2.20. The van der Waals surface area contributed by atoms with Gasteiger partial charge in [0, 0.05) is 31.1 Å². The van der Waals surface area contributed by atoms with E-state index in [-0.39, 0.29) is 37.8 Å². The first-order valence-corrected chi connectivity index (χ1v) is 10.2. The summed E-state index contributed by atoms with van der Waals surface area (Å²) in [6.45, 7) is 0.394. The maximum absolute atomic E-state index is 12.9. The second kappa shape index (κ2) is 9.12. The van der Waals surface area contributed by atoms with E-state index in [9.17, 15) is 17.6 Å². The second-order valence-corrected chi connectivity index (χ2v) is 8.23.